The smallest absolute Gasteiger partial charge is 0.236 e. The van der Waals surface area contributed by atoms with Gasteiger partial charge in [-0.1, -0.05) is 27.2 Å². The molecular formula is C14H24N2O2. The average Bonchev–Trinajstić information content (AvgIpc) is 3.01. The van der Waals surface area contributed by atoms with Crippen molar-refractivity contribution in [3.63, 3.8) is 0 Å². The Labute approximate surface area is 109 Å². The van der Waals surface area contributed by atoms with Gasteiger partial charge in [-0.15, -0.1) is 0 Å². The van der Waals surface area contributed by atoms with Crippen molar-refractivity contribution in [2.75, 3.05) is 6.54 Å². The van der Waals surface area contributed by atoms with E-state index in [4.69, 9.17) is 5.73 Å². The molecule has 0 spiro atoms. The molecule has 0 radical (unpaired) electrons. The predicted molar refractivity (Wildman–Crippen MR) is 69.4 cm³/mol. The van der Waals surface area contributed by atoms with Crippen molar-refractivity contribution in [3.05, 3.63) is 0 Å². The standard InChI is InChI=1S/C14H24N2O2/c1-7(2)9-5-4-8(3)11-12(9)13(11)14(18)16-6-10(15)17/h7-9,11-13H,4-6H2,1-3H3,(H2,15,17)(H,16,18)/t8-,9+,11?,12?,13?/m1/s1. The average molecular weight is 252 g/mol. The Balaban J connectivity index is 1.98. The van der Waals surface area contributed by atoms with Crippen LogP contribution >= 0.6 is 0 Å². The number of amides is 2. The molecule has 3 unspecified atom stereocenters. The highest BCUT2D eigenvalue weighted by atomic mass is 16.2. The lowest BCUT2D eigenvalue weighted by molar-refractivity contribution is -0.126. The van der Waals surface area contributed by atoms with Crippen molar-refractivity contribution in [1.29, 1.82) is 0 Å². The predicted octanol–water partition coefficient (Wildman–Crippen LogP) is 1.15. The molecule has 0 bridgehead atoms. The molecule has 3 N–H and O–H groups in total. The van der Waals surface area contributed by atoms with Gasteiger partial charge in [0, 0.05) is 5.92 Å². The molecule has 2 amide bonds. The van der Waals surface area contributed by atoms with Crippen LogP contribution in [0, 0.1) is 35.5 Å². The van der Waals surface area contributed by atoms with E-state index < -0.39 is 5.91 Å². The van der Waals surface area contributed by atoms with Gasteiger partial charge in [0.2, 0.25) is 11.8 Å². The number of primary amides is 1. The summed E-state index contributed by atoms with van der Waals surface area (Å²) in [6.07, 6.45) is 2.46. The van der Waals surface area contributed by atoms with Gasteiger partial charge in [0.15, 0.2) is 0 Å². The fourth-order valence-corrected chi connectivity index (χ4v) is 3.90. The number of rotatable bonds is 4. The van der Waals surface area contributed by atoms with Crippen LogP contribution in [-0.2, 0) is 9.59 Å². The van der Waals surface area contributed by atoms with Crippen molar-refractivity contribution >= 4 is 11.8 Å². The van der Waals surface area contributed by atoms with Crippen LogP contribution in [-0.4, -0.2) is 18.4 Å². The summed E-state index contributed by atoms with van der Waals surface area (Å²) in [5, 5.41) is 2.67. The first-order valence-corrected chi connectivity index (χ1v) is 6.99. The summed E-state index contributed by atoms with van der Waals surface area (Å²) < 4.78 is 0. The zero-order valence-corrected chi connectivity index (χ0v) is 11.5. The van der Waals surface area contributed by atoms with Crippen LogP contribution in [0.3, 0.4) is 0 Å². The van der Waals surface area contributed by atoms with E-state index in [0.717, 1.165) is 0 Å². The zero-order chi connectivity index (χ0) is 13.4. The Morgan fingerprint density at radius 3 is 2.50 bits per heavy atom. The third-order valence-electron chi connectivity index (χ3n) is 4.84. The van der Waals surface area contributed by atoms with Crippen molar-refractivity contribution < 1.29 is 9.59 Å². The molecule has 0 aliphatic heterocycles. The second kappa shape index (κ2) is 4.90. The molecule has 0 aromatic heterocycles. The second-order valence-electron chi connectivity index (χ2n) is 6.33. The molecule has 4 heteroatoms. The highest BCUT2D eigenvalue weighted by Crippen LogP contribution is 2.62. The number of nitrogens with one attached hydrogen (secondary N) is 1. The van der Waals surface area contributed by atoms with Crippen molar-refractivity contribution in [2.45, 2.75) is 33.6 Å². The van der Waals surface area contributed by atoms with E-state index in [1.54, 1.807) is 0 Å². The fraction of sp³-hybridized carbons (Fsp3) is 0.857. The number of nitrogens with two attached hydrogens (primary N) is 1. The number of fused-ring (bicyclic) bond motifs is 1. The van der Waals surface area contributed by atoms with E-state index in [2.05, 4.69) is 26.1 Å². The van der Waals surface area contributed by atoms with Gasteiger partial charge in [-0.05, 0) is 36.0 Å². The summed E-state index contributed by atoms with van der Waals surface area (Å²) in [6.45, 7) is 6.70. The van der Waals surface area contributed by atoms with Gasteiger partial charge in [0.1, 0.15) is 0 Å². The molecule has 0 aromatic carbocycles. The van der Waals surface area contributed by atoms with Crippen molar-refractivity contribution in [1.82, 2.24) is 5.32 Å². The Morgan fingerprint density at radius 1 is 1.28 bits per heavy atom. The first kappa shape index (κ1) is 13.4. The molecule has 2 aliphatic carbocycles. The van der Waals surface area contributed by atoms with Crippen LogP contribution in [0.5, 0.6) is 0 Å². The largest absolute Gasteiger partial charge is 0.368 e. The number of hydrogen-bond donors (Lipinski definition) is 2. The maximum absolute atomic E-state index is 12.1. The Kier molecular flexibility index (Phi) is 3.64. The van der Waals surface area contributed by atoms with Crippen LogP contribution in [0.4, 0.5) is 0 Å². The van der Waals surface area contributed by atoms with Gasteiger partial charge in [-0.2, -0.15) is 0 Å². The molecule has 4 nitrogen and oxygen atoms in total. The molecule has 102 valence electrons. The SMILES string of the molecule is CC(C)[C@@H]1CC[C@@H](C)C2C(C(=O)NCC(N)=O)C21. The van der Waals surface area contributed by atoms with E-state index >= 15 is 0 Å². The summed E-state index contributed by atoms with van der Waals surface area (Å²) in [5.41, 5.74) is 5.06. The van der Waals surface area contributed by atoms with Gasteiger partial charge in [-0.3, -0.25) is 9.59 Å². The molecule has 18 heavy (non-hydrogen) atoms. The van der Waals surface area contributed by atoms with Gasteiger partial charge < -0.3 is 11.1 Å². The number of hydrogen-bond acceptors (Lipinski definition) is 2. The lowest BCUT2D eigenvalue weighted by Crippen LogP contribution is -2.35. The zero-order valence-electron chi connectivity index (χ0n) is 11.5. The van der Waals surface area contributed by atoms with E-state index in [1.807, 2.05) is 0 Å². The molecule has 2 fully saturated rings. The quantitative estimate of drug-likeness (QED) is 0.788. The maximum Gasteiger partial charge on any atom is 0.236 e. The summed E-state index contributed by atoms with van der Waals surface area (Å²) in [5.74, 6) is 2.67. The van der Waals surface area contributed by atoms with Crippen LogP contribution in [0.2, 0.25) is 0 Å². The monoisotopic (exact) mass is 252 g/mol. The topological polar surface area (TPSA) is 72.2 Å². The van der Waals surface area contributed by atoms with Crippen molar-refractivity contribution in [2.24, 2.45) is 41.2 Å². The van der Waals surface area contributed by atoms with Crippen LogP contribution in [0.1, 0.15) is 33.6 Å². The summed E-state index contributed by atoms with van der Waals surface area (Å²) in [4.78, 5) is 22.8. The number of carbonyl (C=O) groups excluding carboxylic acids is 2. The van der Waals surface area contributed by atoms with Crippen molar-refractivity contribution in [3.8, 4) is 0 Å². The molecule has 5 atom stereocenters. The first-order valence-electron chi connectivity index (χ1n) is 6.99. The molecule has 2 rings (SSSR count). The van der Waals surface area contributed by atoms with Gasteiger partial charge in [0.25, 0.3) is 0 Å². The molecule has 2 aliphatic rings. The highest BCUT2D eigenvalue weighted by Gasteiger charge is 2.61. The third kappa shape index (κ3) is 2.38. The molecular weight excluding hydrogens is 228 g/mol. The first-order chi connectivity index (χ1) is 8.43. The van der Waals surface area contributed by atoms with Gasteiger partial charge in [0.05, 0.1) is 6.54 Å². The molecule has 0 saturated heterocycles. The third-order valence-corrected chi connectivity index (χ3v) is 4.84. The Morgan fingerprint density at radius 2 is 1.94 bits per heavy atom. The Hall–Kier alpha value is -1.06. The van der Waals surface area contributed by atoms with E-state index in [0.29, 0.717) is 29.6 Å². The highest BCUT2D eigenvalue weighted by molar-refractivity contribution is 5.87. The minimum absolute atomic E-state index is 0.0307. The van der Waals surface area contributed by atoms with E-state index in [-0.39, 0.29) is 18.4 Å². The molecule has 0 aromatic rings. The minimum atomic E-state index is -0.472. The molecule has 2 saturated carbocycles. The lowest BCUT2D eigenvalue weighted by atomic mass is 9.77. The van der Waals surface area contributed by atoms with Crippen LogP contribution in [0.25, 0.3) is 0 Å². The van der Waals surface area contributed by atoms with E-state index in [9.17, 15) is 9.59 Å². The van der Waals surface area contributed by atoms with Crippen LogP contribution < -0.4 is 11.1 Å². The van der Waals surface area contributed by atoms with Gasteiger partial charge in [-0.25, -0.2) is 0 Å². The van der Waals surface area contributed by atoms with E-state index in [1.165, 1.54) is 12.8 Å². The summed E-state index contributed by atoms with van der Waals surface area (Å²) >= 11 is 0. The lowest BCUT2D eigenvalue weighted by Gasteiger charge is -2.28. The number of carbonyl (C=O) groups is 2. The summed E-state index contributed by atoms with van der Waals surface area (Å²) in [7, 11) is 0. The van der Waals surface area contributed by atoms with Gasteiger partial charge >= 0.3 is 0 Å². The maximum atomic E-state index is 12.1. The minimum Gasteiger partial charge on any atom is -0.368 e. The fourth-order valence-electron chi connectivity index (χ4n) is 3.90. The summed E-state index contributed by atoms with van der Waals surface area (Å²) in [6, 6.07) is 0. The second-order valence-corrected chi connectivity index (χ2v) is 6.33. The normalized spacial score (nSPS) is 38.1. The molecule has 0 heterocycles. The van der Waals surface area contributed by atoms with Crippen LogP contribution in [0.15, 0.2) is 0 Å². The Bertz CT molecular complexity index is 354.